The molecule has 0 aromatic rings. The van der Waals surface area contributed by atoms with Crippen LogP contribution in [0.3, 0.4) is 0 Å². The van der Waals surface area contributed by atoms with Crippen LogP contribution in [0.2, 0.25) is 0 Å². The lowest BCUT2D eigenvalue weighted by Crippen LogP contribution is -2.53. The number of amides is 2. The second-order valence-corrected chi connectivity index (χ2v) is 15.4. The minimum Gasteiger partial charge on any atom is -0.393 e. The molecule has 0 saturated heterocycles. The number of hydrogen-bond acceptors (Lipinski definition) is 4. The van der Waals surface area contributed by atoms with Gasteiger partial charge < -0.3 is 20.8 Å². The van der Waals surface area contributed by atoms with E-state index in [1.54, 1.807) is 0 Å². The number of carbonyl (C=O) groups is 2. The van der Waals surface area contributed by atoms with Crippen molar-refractivity contribution < 1.29 is 19.8 Å². The Labute approximate surface area is 298 Å². The van der Waals surface area contributed by atoms with Crippen LogP contribution in [0.15, 0.2) is 0 Å². The summed E-state index contributed by atoms with van der Waals surface area (Å²) >= 11 is 0. The molecule has 4 N–H and O–H groups in total. The van der Waals surface area contributed by atoms with E-state index in [1.807, 2.05) is 0 Å². The first kappa shape index (κ1) is 44.9. The van der Waals surface area contributed by atoms with Crippen molar-refractivity contribution in [3.63, 3.8) is 0 Å². The average molecular weight is 679 g/mol. The summed E-state index contributed by atoms with van der Waals surface area (Å²) in [6, 6.07) is 0.152. The first-order valence-corrected chi connectivity index (χ1v) is 21.4. The summed E-state index contributed by atoms with van der Waals surface area (Å²) in [6.45, 7) is 4.45. The van der Waals surface area contributed by atoms with Crippen molar-refractivity contribution in [2.45, 2.75) is 256 Å². The zero-order chi connectivity index (χ0) is 34.9. The molecule has 1 saturated carbocycles. The van der Waals surface area contributed by atoms with E-state index in [-0.39, 0.29) is 36.1 Å². The maximum absolute atomic E-state index is 12.7. The van der Waals surface area contributed by atoms with E-state index in [4.69, 9.17) is 0 Å². The smallest absolute Gasteiger partial charge is 0.220 e. The van der Waals surface area contributed by atoms with Crippen LogP contribution in [-0.4, -0.2) is 46.3 Å². The Morgan fingerprint density at radius 3 is 1.04 bits per heavy atom. The predicted molar refractivity (Wildman–Crippen MR) is 204 cm³/mol. The summed E-state index contributed by atoms with van der Waals surface area (Å²) in [4.78, 5) is 25.4. The van der Waals surface area contributed by atoms with Gasteiger partial charge in [-0.2, -0.15) is 0 Å². The molecule has 1 rings (SSSR count). The molecule has 1 aliphatic carbocycles. The lowest BCUT2D eigenvalue weighted by atomic mass is 9.90. The van der Waals surface area contributed by atoms with Gasteiger partial charge in [0, 0.05) is 24.9 Å². The molecule has 0 spiro atoms. The third kappa shape index (κ3) is 27.7. The van der Waals surface area contributed by atoms with Crippen LogP contribution in [0.4, 0.5) is 0 Å². The molecule has 6 heteroatoms. The Hall–Kier alpha value is -1.14. The standard InChI is InChI=1S/C42H82N2O4/c1-3-5-7-21-29-37(45)31-23-17-13-9-11-15-19-25-35-41(47)43-39-33-27-28-34-40(39)44-42(48)36-26-20-16-12-10-14-18-24-32-38(46)30-22-8-6-4-2/h37-40,45-46H,3-36H2,1-2H3,(H,43,47)(H,44,48)/t37?,38?,39-,40+. The van der Waals surface area contributed by atoms with Crippen molar-refractivity contribution in [2.75, 3.05) is 0 Å². The molecule has 1 fully saturated rings. The molecule has 0 bridgehead atoms. The summed E-state index contributed by atoms with van der Waals surface area (Å²) in [5.41, 5.74) is 0. The van der Waals surface area contributed by atoms with Crippen molar-refractivity contribution >= 4 is 11.8 Å². The van der Waals surface area contributed by atoms with E-state index in [2.05, 4.69) is 24.5 Å². The summed E-state index contributed by atoms with van der Waals surface area (Å²) in [5.74, 6) is 0.293. The van der Waals surface area contributed by atoms with Crippen molar-refractivity contribution in [3.8, 4) is 0 Å². The van der Waals surface area contributed by atoms with E-state index < -0.39 is 0 Å². The van der Waals surface area contributed by atoms with Gasteiger partial charge in [-0.25, -0.2) is 0 Å². The topological polar surface area (TPSA) is 98.7 Å². The molecule has 0 aromatic heterocycles. The fourth-order valence-corrected chi connectivity index (χ4v) is 7.39. The number of aliphatic hydroxyl groups is 2. The van der Waals surface area contributed by atoms with Crippen LogP contribution < -0.4 is 10.6 Å². The first-order valence-electron chi connectivity index (χ1n) is 21.4. The molecule has 0 heterocycles. The summed E-state index contributed by atoms with van der Waals surface area (Å²) in [7, 11) is 0. The Bertz CT molecular complexity index is 672. The Kier molecular flexibility index (Phi) is 30.9. The highest BCUT2D eigenvalue weighted by Gasteiger charge is 2.27. The Balaban J connectivity index is 2.00. The summed E-state index contributed by atoms with van der Waals surface area (Å²) < 4.78 is 0. The highest BCUT2D eigenvalue weighted by Crippen LogP contribution is 2.20. The van der Waals surface area contributed by atoms with E-state index in [1.165, 1.54) is 116 Å². The van der Waals surface area contributed by atoms with E-state index in [9.17, 15) is 19.8 Å². The largest absolute Gasteiger partial charge is 0.393 e. The number of aliphatic hydroxyl groups excluding tert-OH is 2. The van der Waals surface area contributed by atoms with Crippen LogP contribution >= 0.6 is 0 Å². The van der Waals surface area contributed by atoms with Crippen LogP contribution in [0.25, 0.3) is 0 Å². The monoisotopic (exact) mass is 679 g/mol. The van der Waals surface area contributed by atoms with Gasteiger partial charge in [0.25, 0.3) is 0 Å². The van der Waals surface area contributed by atoms with Crippen molar-refractivity contribution in [1.82, 2.24) is 10.6 Å². The van der Waals surface area contributed by atoms with Crippen LogP contribution in [0, 0.1) is 0 Å². The summed E-state index contributed by atoms with van der Waals surface area (Å²) in [5, 5.41) is 26.7. The van der Waals surface area contributed by atoms with Gasteiger partial charge in [-0.15, -0.1) is 0 Å². The number of unbranched alkanes of at least 4 members (excludes halogenated alkanes) is 20. The van der Waals surface area contributed by atoms with Gasteiger partial charge in [-0.05, 0) is 51.4 Å². The molecule has 6 nitrogen and oxygen atoms in total. The predicted octanol–water partition coefficient (Wildman–Crippen LogP) is 11.0. The van der Waals surface area contributed by atoms with Gasteiger partial charge >= 0.3 is 0 Å². The number of carbonyl (C=O) groups excluding carboxylic acids is 2. The fourth-order valence-electron chi connectivity index (χ4n) is 7.39. The molecule has 4 atom stereocenters. The lowest BCUT2D eigenvalue weighted by molar-refractivity contribution is -0.125. The minimum atomic E-state index is -0.101. The molecule has 0 aromatic carbocycles. The maximum atomic E-state index is 12.7. The van der Waals surface area contributed by atoms with Gasteiger partial charge in [-0.1, -0.05) is 168 Å². The normalized spacial score (nSPS) is 17.7. The number of hydrogen-bond donors (Lipinski definition) is 4. The van der Waals surface area contributed by atoms with Crippen molar-refractivity contribution in [2.24, 2.45) is 0 Å². The summed E-state index contributed by atoms with van der Waals surface area (Å²) in [6.07, 6.45) is 37.7. The van der Waals surface area contributed by atoms with Gasteiger partial charge in [0.15, 0.2) is 0 Å². The third-order valence-corrected chi connectivity index (χ3v) is 10.6. The SMILES string of the molecule is CCCCCCC(O)CCCCCCCCCCC(=O)N[C@H]1CCCC[C@H]1NC(=O)CCCCCCCCCCC(O)CCCCCC. The zero-order valence-corrected chi connectivity index (χ0v) is 32.1. The first-order chi connectivity index (χ1) is 23.5. The van der Waals surface area contributed by atoms with E-state index in [0.29, 0.717) is 12.8 Å². The van der Waals surface area contributed by atoms with E-state index >= 15 is 0 Å². The van der Waals surface area contributed by atoms with Gasteiger partial charge in [0.2, 0.25) is 11.8 Å². The fraction of sp³-hybridized carbons (Fsp3) is 0.952. The Morgan fingerprint density at radius 2 is 0.729 bits per heavy atom. The van der Waals surface area contributed by atoms with Crippen LogP contribution in [0.5, 0.6) is 0 Å². The molecule has 2 unspecified atom stereocenters. The zero-order valence-electron chi connectivity index (χ0n) is 32.1. The average Bonchev–Trinajstić information content (AvgIpc) is 3.07. The molecule has 48 heavy (non-hydrogen) atoms. The van der Waals surface area contributed by atoms with Gasteiger partial charge in [-0.3, -0.25) is 9.59 Å². The minimum absolute atomic E-state index is 0.0761. The molecular formula is C42H82N2O4. The van der Waals surface area contributed by atoms with E-state index in [0.717, 1.165) is 89.9 Å². The molecule has 284 valence electrons. The second kappa shape index (κ2) is 33.0. The molecule has 1 aliphatic rings. The molecule has 0 aliphatic heterocycles. The van der Waals surface area contributed by atoms with Gasteiger partial charge in [0.1, 0.15) is 0 Å². The van der Waals surface area contributed by atoms with Crippen LogP contribution in [0.1, 0.15) is 232 Å². The molecule has 2 amide bonds. The van der Waals surface area contributed by atoms with Crippen molar-refractivity contribution in [3.05, 3.63) is 0 Å². The lowest BCUT2D eigenvalue weighted by Gasteiger charge is -2.33. The van der Waals surface area contributed by atoms with Crippen LogP contribution in [-0.2, 0) is 9.59 Å². The maximum Gasteiger partial charge on any atom is 0.220 e. The highest BCUT2D eigenvalue weighted by atomic mass is 16.3. The highest BCUT2D eigenvalue weighted by molar-refractivity contribution is 5.77. The number of rotatable bonds is 34. The van der Waals surface area contributed by atoms with Gasteiger partial charge in [0.05, 0.1) is 12.2 Å². The molecular weight excluding hydrogens is 596 g/mol. The second-order valence-electron chi connectivity index (χ2n) is 15.4. The molecule has 0 radical (unpaired) electrons. The number of nitrogens with one attached hydrogen (secondary N) is 2. The quantitative estimate of drug-likeness (QED) is 0.0509. The third-order valence-electron chi connectivity index (χ3n) is 10.6. The van der Waals surface area contributed by atoms with Crippen molar-refractivity contribution in [1.29, 1.82) is 0 Å². The Morgan fingerprint density at radius 1 is 0.458 bits per heavy atom.